The topological polar surface area (TPSA) is 46.3 Å². The van der Waals surface area contributed by atoms with Gasteiger partial charge in [-0.15, -0.1) is 0 Å². The molecule has 0 radical (unpaired) electrons. The van der Waals surface area contributed by atoms with E-state index in [1.807, 2.05) is 32.9 Å². The number of carbonyl (C=O) groups excluding carboxylic acids is 1. The molecule has 2 rings (SSSR count). The van der Waals surface area contributed by atoms with Crippen molar-refractivity contribution in [2.75, 3.05) is 4.90 Å². The number of carbonyl (C=O) groups is 1. The number of anilines is 1. The fourth-order valence-corrected chi connectivity index (χ4v) is 2.56. The number of hydrogen-bond donors (Lipinski definition) is 1. The number of nitrogens with two attached hydrogens (primary N) is 1. The fraction of sp³-hybridized carbons (Fsp3) is 0.462. The lowest BCUT2D eigenvalue weighted by atomic mass is 9.96. The Hall–Kier alpha value is -1.06. The van der Waals surface area contributed by atoms with E-state index in [2.05, 4.69) is 0 Å². The van der Waals surface area contributed by atoms with Gasteiger partial charge in [0.2, 0.25) is 5.91 Å². The summed E-state index contributed by atoms with van der Waals surface area (Å²) in [5.74, 6) is 0.0768. The van der Waals surface area contributed by atoms with Crippen molar-refractivity contribution in [2.45, 2.75) is 38.8 Å². The molecule has 1 unspecified atom stereocenters. The van der Waals surface area contributed by atoms with Gasteiger partial charge in [0.1, 0.15) is 0 Å². The van der Waals surface area contributed by atoms with Crippen LogP contribution in [0.5, 0.6) is 0 Å². The Morgan fingerprint density at radius 2 is 2.12 bits per heavy atom. The Morgan fingerprint density at radius 1 is 1.47 bits per heavy atom. The summed E-state index contributed by atoms with van der Waals surface area (Å²) in [5.41, 5.74) is 7.56. The number of benzene rings is 1. The molecule has 1 aromatic carbocycles. The maximum Gasteiger partial charge on any atom is 0.229 e. The quantitative estimate of drug-likeness (QED) is 0.835. The summed E-state index contributed by atoms with van der Waals surface area (Å²) < 4.78 is 0. The van der Waals surface area contributed by atoms with Crippen molar-refractivity contribution >= 4 is 23.2 Å². The molecule has 2 N–H and O–H groups in total. The van der Waals surface area contributed by atoms with Crippen LogP contribution in [0.3, 0.4) is 0 Å². The zero-order valence-corrected chi connectivity index (χ0v) is 11.1. The summed E-state index contributed by atoms with van der Waals surface area (Å²) in [6.45, 7) is 5.95. The van der Waals surface area contributed by atoms with Gasteiger partial charge in [-0.1, -0.05) is 11.6 Å². The molecule has 0 aliphatic carbocycles. The average molecular weight is 253 g/mol. The van der Waals surface area contributed by atoms with E-state index >= 15 is 0 Å². The largest absolute Gasteiger partial charge is 0.325 e. The van der Waals surface area contributed by atoms with E-state index < -0.39 is 0 Å². The van der Waals surface area contributed by atoms with Crippen molar-refractivity contribution in [3.8, 4) is 0 Å². The van der Waals surface area contributed by atoms with Gasteiger partial charge in [-0.3, -0.25) is 4.79 Å². The minimum Gasteiger partial charge on any atom is -0.325 e. The van der Waals surface area contributed by atoms with E-state index in [1.165, 1.54) is 0 Å². The van der Waals surface area contributed by atoms with Gasteiger partial charge in [0.15, 0.2) is 0 Å². The van der Waals surface area contributed by atoms with Crippen molar-refractivity contribution in [1.29, 1.82) is 0 Å². The first-order valence-electron chi connectivity index (χ1n) is 5.69. The third-order valence-corrected chi connectivity index (χ3v) is 3.76. The molecule has 0 aromatic heterocycles. The molecule has 1 heterocycles. The Balaban J connectivity index is 2.49. The molecule has 1 fully saturated rings. The third kappa shape index (κ3) is 1.94. The van der Waals surface area contributed by atoms with E-state index in [9.17, 15) is 4.79 Å². The molecule has 1 aromatic rings. The van der Waals surface area contributed by atoms with E-state index in [-0.39, 0.29) is 17.5 Å². The van der Waals surface area contributed by atoms with Crippen LogP contribution in [-0.4, -0.2) is 17.5 Å². The van der Waals surface area contributed by atoms with Crippen LogP contribution in [-0.2, 0) is 4.79 Å². The number of rotatable bonds is 1. The van der Waals surface area contributed by atoms with Gasteiger partial charge >= 0.3 is 0 Å². The van der Waals surface area contributed by atoms with Crippen LogP contribution < -0.4 is 10.6 Å². The van der Waals surface area contributed by atoms with Crippen LogP contribution in [0.2, 0.25) is 5.02 Å². The smallest absolute Gasteiger partial charge is 0.229 e. The summed E-state index contributed by atoms with van der Waals surface area (Å²) >= 11 is 5.93. The first-order chi connectivity index (χ1) is 7.84. The number of hydrogen-bond acceptors (Lipinski definition) is 2. The standard InChI is InChI=1S/C13H17ClN2O/c1-8-6-9(14)4-5-10(8)16-12(17)7-11(15)13(16,2)3/h4-6,11H,7,15H2,1-3H3. The predicted octanol–water partition coefficient (Wildman–Crippen LogP) is 2.49. The number of nitrogens with zero attached hydrogens (tertiary/aromatic N) is 1. The Kier molecular flexibility index (Phi) is 2.92. The molecular weight excluding hydrogens is 236 g/mol. The summed E-state index contributed by atoms with van der Waals surface area (Å²) in [4.78, 5) is 13.8. The molecule has 1 atom stereocenters. The monoisotopic (exact) mass is 252 g/mol. The van der Waals surface area contributed by atoms with Crippen LogP contribution in [0.4, 0.5) is 5.69 Å². The number of halogens is 1. The lowest BCUT2D eigenvalue weighted by Gasteiger charge is -2.35. The van der Waals surface area contributed by atoms with Crippen molar-refractivity contribution in [2.24, 2.45) is 5.73 Å². The van der Waals surface area contributed by atoms with Gasteiger partial charge in [0, 0.05) is 23.2 Å². The van der Waals surface area contributed by atoms with Gasteiger partial charge in [-0.05, 0) is 44.5 Å². The second-order valence-electron chi connectivity index (χ2n) is 5.12. The number of amides is 1. The molecule has 17 heavy (non-hydrogen) atoms. The predicted molar refractivity (Wildman–Crippen MR) is 70.3 cm³/mol. The van der Waals surface area contributed by atoms with Crippen molar-refractivity contribution in [3.63, 3.8) is 0 Å². The van der Waals surface area contributed by atoms with E-state index in [0.29, 0.717) is 11.4 Å². The second kappa shape index (κ2) is 4.00. The molecule has 1 saturated heterocycles. The summed E-state index contributed by atoms with van der Waals surface area (Å²) in [6, 6.07) is 5.42. The molecule has 0 bridgehead atoms. The normalized spacial score (nSPS) is 23.2. The molecule has 0 spiro atoms. The van der Waals surface area contributed by atoms with Gasteiger partial charge in [-0.25, -0.2) is 0 Å². The first kappa shape index (κ1) is 12.4. The SMILES string of the molecule is Cc1cc(Cl)ccc1N1C(=O)CC(N)C1(C)C. The number of aryl methyl sites for hydroxylation is 1. The van der Waals surface area contributed by atoms with Crippen LogP contribution in [0, 0.1) is 6.92 Å². The maximum atomic E-state index is 12.1. The van der Waals surface area contributed by atoms with Gasteiger partial charge < -0.3 is 10.6 Å². The lowest BCUT2D eigenvalue weighted by molar-refractivity contribution is -0.117. The fourth-order valence-electron chi connectivity index (χ4n) is 2.33. The molecule has 1 amide bonds. The zero-order chi connectivity index (χ0) is 12.8. The molecule has 1 aliphatic heterocycles. The van der Waals surface area contributed by atoms with Crippen molar-refractivity contribution in [3.05, 3.63) is 28.8 Å². The van der Waals surface area contributed by atoms with Gasteiger partial charge in [0.05, 0.1) is 5.54 Å². The Morgan fingerprint density at radius 3 is 2.59 bits per heavy atom. The molecule has 1 aliphatic rings. The van der Waals surface area contributed by atoms with Crippen LogP contribution in [0.1, 0.15) is 25.8 Å². The molecule has 92 valence electrons. The molecular formula is C13H17ClN2O. The highest BCUT2D eigenvalue weighted by molar-refractivity contribution is 6.30. The van der Waals surface area contributed by atoms with Crippen LogP contribution >= 0.6 is 11.6 Å². The first-order valence-corrected chi connectivity index (χ1v) is 6.06. The van der Waals surface area contributed by atoms with Crippen molar-refractivity contribution in [1.82, 2.24) is 0 Å². The van der Waals surface area contributed by atoms with E-state index in [1.54, 1.807) is 11.0 Å². The van der Waals surface area contributed by atoms with Crippen LogP contribution in [0.25, 0.3) is 0 Å². The molecule has 4 heteroatoms. The third-order valence-electron chi connectivity index (χ3n) is 3.53. The maximum absolute atomic E-state index is 12.1. The Labute approximate surface area is 107 Å². The van der Waals surface area contributed by atoms with E-state index in [4.69, 9.17) is 17.3 Å². The second-order valence-corrected chi connectivity index (χ2v) is 5.56. The lowest BCUT2D eigenvalue weighted by Crippen LogP contribution is -2.50. The zero-order valence-electron chi connectivity index (χ0n) is 10.3. The minimum absolute atomic E-state index is 0.0768. The molecule has 3 nitrogen and oxygen atoms in total. The summed E-state index contributed by atoms with van der Waals surface area (Å²) in [6.07, 6.45) is 0.398. The highest BCUT2D eigenvalue weighted by Crippen LogP contribution is 2.36. The average Bonchev–Trinajstić information content (AvgIpc) is 2.39. The summed E-state index contributed by atoms with van der Waals surface area (Å²) in [5, 5.41) is 0.681. The van der Waals surface area contributed by atoms with Crippen molar-refractivity contribution < 1.29 is 4.79 Å². The van der Waals surface area contributed by atoms with E-state index in [0.717, 1.165) is 11.3 Å². The van der Waals surface area contributed by atoms with Crippen LogP contribution in [0.15, 0.2) is 18.2 Å². The minimum atomic E-state index is -0.352. The summed E-state index contributed by atoms with van der Waals surface area (Å²) in [7, 11) is 0. The van der Waals surface area contributed by atoms with Gasteiger partial charge in [0.25, 0.3) is 0 Å². The highest BCUT2D eigenvalue weighted by Gasteiger charge is 2.45. The van der Waals surface area contributed by atoms with Gasteiger partial charge in [-0.2, -0.15) is 0 Å². The highest BCUT2D eigenvalue weighted by atomic mass is 35.5. The molecule has 0 saturated carbocycles. The Bertz CT molecular complexity index is 470.